The molecule has 6 rings (SSSR count). The van der Waals surface area contributed by atoms with Crippen LogP contribution in [0, 0.1) is 17.6 Å². The van der Waals surface area contributed by atoms with Crippen molar-refractivity contribution in [1.82, 2.24) is 9.80 Å². The third kappa shape index (κ3) is 10.7. The maximum absolute atomic E-state index is 14.7. The Morgan fingerprint density at radius 3 is 1.92 bits per heavy atom. The number of benzene rings is 4. The Hall–Kier alpha value is -4.11. The van der Waals surface area contributed by atoms with Crippen LogP contribution in [0.4, 0.5) is 13.6 Å². The van der Waals surface area contributed by atoms with Crippen LogP contribution in [-0.2, 0) is 35.6 Å². The summed E-state index contributed by atoms with van der Waals surface area (Å²) in [6.07, 6.45) is 6.43. The maximum Gasteiger partial charge on any atom is 0.407 e. The molecule has 0 unspecified atom stereocenters. The van der Waals surface area contributed by atoms with E-state index in [2.05, 4.69) is 29.2 Å². The van der Waals surface area contributed by atoms with Gasteiger partial charge in [-0.2, -0.15) is 0 Å². The lowest BCUT2D eigenvalue weighted by atomic mass is 9.85. The van der Waals surface area contributed by atoms with Gasteiger partial charge in [0.25, 0.3) is 0 Å². The summed E-state index contributed by atoms with van der Waals surface area (Å²) < 4.78 is 42.9. The summed E-state index contributed by atoms with van der Waals surface area (Å²) in [7, 11) is 0. The minimum absolute atomic E-state index is 0.166. The number of hydrogen-bond acceptors (Lipinski definition) is 4. The van der Waals surface area contributed by atoms with Crippen molar-refractivity contribution >= 4 is 6.09 Å². The molecule has 1 saturated heterocycles. The fourth-order valence-corrected chi connectivity index (χ4v) is 7.89. The summed E-state index contributed by atoms with van der Waals surface area (Å²) in [4.78, 5) is 16.9. The predicted octanol–water partition coefficient (Wildman–Crippen LogP) is 9.27. The molecule has 270 valence electrons. The number of ether oxygens (including phenoxy) is 2. The summed E-state index contributed by atoms with van der Waals surface area (Å²) in [6, 6.07) is 32.4. The highest BCUT2D eigenvalue weighted by Crippen LogP contribution is 2.32. The predicted molar refractivity (Wildman–Crippen MR) is 195 cm³/mol. The number of amides is 1. The van der Waals surface area contributed by atoms with E-state index in [1.807, 2.05) is 66.7 Å². The van der Waals surface area contributed by atoms with Crippen molar-refractivity contribution in [3.63, 3.8) is 0 Å². The number of nitrogens with zero attached hydrogens (tertiary/aromatic N) is 2. The van der Waals surface area contributed by atoms with Crippen LogP contribution in [0.3, 0.4) is 0 Å². The van der Waals surface area contributed by atoms with E-state index in [4.69, 9.17) is 9.47 Å². The molecule has 1 aliphatic heterocycles. The lowest BCUT2D eigenvalue weighted by Gasteiger charge is -2.46. The zero-order valence-electron chi connectivity index (χ0n) is 29.3. The van der Waals surface area contributed by atoms with Crippen LogP contribution in [-0.4, -0.2) is 58.4 Å². The third-order valence-electron chi connectivity index (χ3n) is 10.5. The summed E-state index contributed by atoms with van der Waals surface area (Å²) >= 11 is 0. The molecule has 51 heavy (non-hydrogen) atoms. The van der Waals surface area contributed by atoms with Gasteiger partial charge in [-0.15, -0.1) is 0 Å². The zero-order chi connectivity index (χ0) is 35.4. The Kier molecular flexibility index (Phi) is 13.2. The first-order valence-corrected chi connectivity index (χ1v) is 18.4. The molecule has 1 heterocycles. The van der Waals surface area contributed by atoms with Crippen molar-refractivity contribution in [1.29, 1.82) is 0 Å². The molecule has 1 N–H and O–H groups in total. The van der Waals surface area contributed by atoms with Gasteiger partial charge in [0.2, 0.25) is 0 Å². The molecule has 1 saturated carbocycles. The van der Waals surface area contributed by atoms with Gasteiger partial charge in [-0.1, -0.05) is 123 Å². The molecule has 1 amide bonds. The molecule has 8 heteroatoms. The van der Waals surface area contributed by atoms with E-state index < -0.39 is 35.9 Å². The SMILES string of the molecule is O=C(O)N1C[C@H](CCC2CCCCC2)OC[C@@H]1[C@@H](OCc1ccccc1)[C@H](Cc1cc(F)cc(F)c1)N(Cc1ccccc1)Cc1ccccc1. The van der Waals surface area contributed by atoms with Gasteiger partial charge in [0.1, 0.15) is 11.6 Å². The Morgan fingerprint density at radius 2 is 1.35 bits per heavy atom. The molecule has 2 fully saturated rings. The average Bonchev–Trinajstić information content (AvgIpc) is 3.15. The largest absolute Gasteiger partial charge is 0.465 e. The second-order valence-corrected chi connectivity index (χ2v) is 14.2. The van der Waals surface area contributed by atoms with Crippen LogP contribution in [0.1, 0.15) is 67.2 Å². The molecule has 6 nitrogen and oxygen atoms in total. The normalized spacial score (nSPS) is 19.5. The molecule has 0 bridgehead atoms. The monoisotopic (exact) mass is 696 g/mol. The summed E-state index contributed by atoms with van der Waals surface area (Å²) in [5.41, 5.74) is 3.53. The fourth-order valence-electron chi connectivity index (χ4n) is 7.89. The lowest BCUT2D eigenvalue weighted by molar-refractivity contribution is -0.131. The Morgan fingerprint density at radius 1 is 0.784 bits per heavy atom. The van der Waals surface area contributed by atoms with E-state index in [-0.39, 0.29) is 32.3 Å². The number of rotatable bonds is 15. The van der Waals surface area contributed by atoms with Gasteiger partial charge in [0, 0.05) is 25.2 Å². The topological polar surface area (TPSA) is 62.2 Å². The van der Waals surface area contributed by atoms with Crippen LogP contribution in [0.2, 0.25) is 0 Å². The highest BCUT2D eigenvalue weighted by atomic mass is 19.1. The molecular formula is C43H50F2N2O4. The van der Waals surface area contributed by atoms with Crippen LogP contribution in [0.5, 0.6) is 0 Å². The Labute approximate surface area is 301 Å². The van der Waals surface area contributed by atoms with Gasteiger partial charge >= 0.3 is 6.09 Å². The smallest absolute Gasteiger partial charge is 0.407 e. The highest BCUT2D eigenvalue weighted by Gasteiger charge is 2.43. The summed E-state index contributed by atoms with van der Waals surface area (Å²) in [6.45, 7) is 1.66. The quantitative estimate of drug-likeness (QED) is 0.134. The van der Waals surface area contributed by atoms with Gasteiger partial charge in [-0.3, -0.25) is 9.80 Å². The molecule has 4 aromatic carbocycles. The maximum atomic E-state index is 14.7. The fraction of sp³-hybridized carbons (Fsp3) is 0.419. The van der Waals surface area contributed by atoms with E-state index >= 15 is 0 Å². The average molecular weight is 697 g/mol. The number of carboxylic acid groups (broad SMARTS) is 1. The summed E-state index contributed by atoms with van der Waals surface area (Å²) in [5, 5.41) is 10.7. The van der Waals surface area contributed by atoms with Crippen molar-refractivity contribution in [3.8, 4) is 0 Å². The van der Waals surface area contributed by atoms with Crippen molar-refractivity contribution in [2.75, 3.05) is 13.2 Å². The summed E-state index contributed by atoms with van der Waals surface area (Å²) in [5.74, 6) is -0.643. The molecule has 0 spiro atoms. The van der Waals surface area contributed by atoms with E-state index in [0.717, 1.165) is 35.6 Å². The van der Waals surface area contributed by atoms with E-state index in [0.29, 0.717) is 24.6 Å². The zero-order valence-corrected chi connectivity index (χ0v) is 29.3. The first-order valence-electron chi connectivity index (χ1n) is 18.4. The van der Waals surface area contributed by atoms with Gasteiger partial charge in [-0.05, 0) is 59.6 Å². The second-order valence-electron chi connectivity index (χ2n) is 14.2. The van der Waals surface area contributed by atoms with Crippen LogP contribution in [0.25, 0.3) is 0 Å². The van der Waals surface area contributed by atoms with E-state index in [1.165, 1.54) is 49.1 Å². The van der Waals surface area contributed by atoms with Crippen molar-refractivity contribution in [3.05, 3.63) is 143 Å². The standard InChI is InChI=1S/C43H50F2N2O4/c44-37-23-36(24-38(45)26-37)25-40(46(27-33-15-7-2-8-16-33)28-34-17-9-3-10-18-34)42(51-30-35-19-11-4-12-20-35)41-31-50-39(29-47(41)43(48)49)22-21-32-13-5-1-6-14-32/h2-4,7-12,15-20,23-24,26,32,39-42H,1,5-6,13-14,21-22,25,27-31H2,(H,48,49)/t39-,40-,41+,42-/m0/s1. The Balaban J connectivity index is 1.37. The molecule has 2 aliphatic rings. The van der Waals surface area contributed by atoms with Crippen molar-refractivity contribution in [2.45, 2.75) is 95.4 Å². The van der Waals surface area contributed by atoms with Crippen LogP contribution >= 0.6 is 0 Å². The van der Waals surface area contributed by atoms with Gasteiger partial charge in [0.15, 0.2) is 0 Å². The molecule has 4 atom stereocenters. The Bertz CT molecular complexity index is 1580. The number of morpholine rings is 1. The molecule has 1 aliphatic carbocycles. The number of halogens is 2. The second kappa shape index (κ2) is 18.4. The highest BCUT2D eigenvalue weighted by molar-refractivity contribution is 5.65. The molecular weight excluding hydrogens is 646 g/mol. The molecule has 4 aromatic rings. The van der Waals surface area contributed by atoms with Crippen LogP contribution in [0.15, 0.2) is 109 Å². The first-order chi connectivity index (χ1) is 24.9. The van der Waals surface area contributed by atoms with Gasteiger partial charge in [-0.25, -0.2) is 13.6 Å². The van der Waals surface area contributed by atoms with Crippen molar-refractivity contribution in [2.24, 2.45) is 5.92 Å². The third-order valence-corrected chi connectivity index (χ3v) is 10.5. The minimum atomic E-state index is -1.02. The number of hydrogen-bond donors (Lipinski definition) is 1. The van der Waals surface area contributed by atoms with Gasteiger partial charge < -0.3 is 14.6 Å². The van der Waals surface area contributed by atoms with Gasteiger partial charge in [0.05, 0.1) is 38.0 Å². The number of carbonyl (C=O) groups is 1. The van der Waals surface area contributed by atoms with Crippen molar-refractivity contribution < 1.29 is 28.2 Å². The first kappa shape index (κ1) is 36.7. The molecule has 0 aromatic heterocycles. The van der Waals surface area contributed by atoms with E-state index in [9.17, 15) is 18.7 Å². The lowest BCUT2D eigenvalue weighted by Crippen LogP contribution is -2.62. The van der Waals surface area contributed by atoms with E-state index in [1.54, 1.807) is 0 Å². The van der Waals surface area contributed by atoms with Crippen LogP contribution < -0.4 is 0 Å². The molecule has 0 radical (unpaired) electrons. The minimum Gasteiger partial charge on any atom is -0.465 e.